The van der Waals surface area contributed by atoms with E-state index in [9.17, 15) is 18.4 Å². The van der Waals surface area contributed by atoms with E-state index < -0.39 is 18.1 Å². The summed E-state index contributed by atoms with van der Waals surface area (Å²) in [5.41, 5.74) is 3.64. The van der Waals surface area contributed by atoms with Gasteiger partial charge in [-0.05, 0) is 38.2 Å². The summed E-state index contributed by atoms with van der Waals surface area (Å²) in [7, 11) is 0. The van der Waals surface area contributed by atoms with Crippen molar-refractivity contribution in [3.05, 3.63) is 56.2 Å². The molecule has 1 heterocycles. The van der Waals surface area contributed by atoms with Crippen LogP contribution in [0.25, 0.3) is 0 Å². The molecule has 3 N–H and O–H groups in total. The fourth-order valence-electron chi connectivity index (χ4n) is 2.16. The largest absolute Gasteiger partial charge is 0.434 e. The molecule has 0 aliphatic heterocycles. The van der Waals surface area contributed by atoms with Crippen LogP contribution in [-0.2, 0) is 11.2 Å². The highest BCUT2D eigenvalue weighted by Gasteiger charge is 2.13. The maximum atomic E-state index is 12.5. The number of carbonyl (C=O) groups is 1. The molecule has 1 aromatic carbocycles. The number of amides is 1. The van der Waals surface area contributed by atoms with E-state index in [1.807, 2.05) is 0 Å². The van der Waals surface area contributed by atoms with E-state index in [1.54, 1.807) is 26.0 Å². The normalized spacial score (nSPS) is 11.5. The van der Waals surface area contributed by atoms with Gasteiger partial charge in [-0.3, -0.25) is 14.6 Å². The fourth-order valence-corrected chi connectivity index (χ4v) is 2.39. The van der Waals surface area contributed by atoms with Gasteiger partial charge >= 0.3 is 6.61 Å². The van der Waals surface area contributed by atoms with Crippen LogP contribution >= 0.6 is 12.2 Å². The Balaban J connectivity index is 2.14. The van der Waals surface area contributed by atoms with Crippen molar-refractivity contribution in [3.8, 4) is 5.75 Å². The third-order valence-corrected chi connectivity index (χ3v) is 3.46. The zero-order valence-corrected chi connectivity index (χ0v) is 14.7. The third kappa shape index (κ3) is 5.59. The maximum absolute atomic E-state index is 12.5. The van der Waals surface area contributed by atoms with Gasteiger partial charge in [-0.1, -0.05) is 11.6 Å². The van der Waals surface area contributed by atoms with Crippen molar-refractivity contribution >= 4 is 23.8 Å². The molecular weight excluding hydrogens is 366 g/mol. The average Bonchev–Trinajstić information content (AvgIpc) is 2.53. The van der Waals surface area contributed by atoms with Crippen molar-refractivity contribution < 1.29 is 18.3 Å². The number of nitrogens with zero attached hydrogens (tertiary/aromatic N) is 1. The molecule has 0 radical (unpaired) electrons. The zero-order valence-electron chi connectivity index (χ0n) is 13.9. The Hall–Kier alpha value is -2.88. The number of nitrogens with one attached hydrogen (secondary N) is 3. The summed E-state index contributed by atoms with van der Waals surface area (Å²) in [6.45, 7) is 0.364. The topological polar surface area (TPSA) is 99.3 Å². The van der Waals surface area contributed by atoms with E-state index in [4.69, 9.17) is 12.2 Å². The van der Waals surface area contributed by atoms with Crippen LogP contribution in [0.4, 0.5) is 8.78 Å². The molecule has 0 spiro atoms. The second kappa shape index (κ2) is 8.48. The van der Waals surface area contributed by atoms with Crippen LogP contribution in [0.5, 0.6) is 5.75 Å². The molecule has 0 aliphatic rings. The number of hydrogen-bond acceptors (Lipinski definition) is 5. The van der Waals surface area contributed by atoms with Gasteiger partial charge in [0, 0.05) is 17.3 Å². The number of halogens is 2. The minimum Gasteiger partial charge on any atom is -0.434 e. The lowest BCUT2D eigenvalue weighted by molar-refractivity contribution is -0.120. The number of aryl methyl sites for hydroxylation is 1. The average molecular weight is 382 g/mol. The van der Waals surface area contributed by atoms with E-state index in [2.05, 4.69) is 25.2 Å². The number of aromatic nitrogens is 2. The molecule has 0 aliphatic carbocycles. The number of benzene rings is 1. The summed E-state index contributed by atoms with van der Waals surface area (Å²) in [5.74, 6) is -0.552. The van der Waals surface area contributed by atoms with Gasteiger partial charge in [-0.25, -0.2) is 5.43 Å². The number of alkyl halides is 2. The van der Waals surface area contributed by atoms with Gasteiger partial charge in [0.15, 0.2) is 4.77 Å². The van der Waals surface area contributed by atoms with E-state index >= 15 is 0 Å². The lowest BCUT2D eigenvalue weighted by Crippen LogP contribution is -2.23. The Bertz CT molecular complexity index is 925. The predicted molar refractivity (Wildman–Crippen MR) is 94.1 cm³/mol. The summed E-state index contributed by atoms with van der Waals surface area (Å²) in [4.78, 5) is 28.3. The number of carbonyl (C=O) groups excluding carboxylic acids is 1. The first-order valence-corrected chi connectivity index (χ1v) is 7.87. The molecule has 2 aromatic rings. The second-order valence-corrected chi connectivity index (χ2v) is 5.81. The van der Waals surface area contributed by atoms with E-state index in [0.29, 0.717) is 11.3 Å². The van der Waals surface area contributed by atoms with Crippen molar-refractivity contribution in [2.24, 2.45) is 5.10 Å². The molecule has 0 fully saturated rings. The summed E-state index contributed by atoms with van der Waals surface area (Å²) in [5, 5.41) is 3.91. The molecule has 0 bridgehead atoms. The molecular formula is C16H16F2N4O3S. The summed E-state index contributed by atoms with van der Waals surface area (Å²) in [6, 6.07) is 5.87. The fraction of sp³-hybridized carbons (Fsp3) is 0.250. The molecule has 26 heavy (non-hydrogen) atoms. The zero-order chi connectivity index (χ0) is 19.3. The van der Waals surface area contributed by atoms with Gasteiger partial charge in [0.05, 0.1) is 12.1 Å². The Morgan fingerprint density at radius 2 is 2.08 bits per heavy atom. The van der Waals surface area contributed by atoms with Crippen molar-refractivity contribution in [2.75, 3.05) is 0 Å². The minimum atomic E-state index is -2.97. The molecule has 2 rings (SSSR count). The number of hydrogen-bond donors (Lipinski definition) is 3. The van der Waals surface area contributed by atoms with Gasteiger partial charge in [-0.2, -0.15) is 13.9 Å². The molecule has 1 aromatic heterocycles. The van der Waals surface area contributed by atoms with Crippen LogP contribution in [0.15, 0.2) is 34.2 Å². The van der Waals surface area contributed by atoms with Crippen molar-refractivity contribution in [2.45, 2.75) is 26.9 Å². The molecule has 0 saturated carbocycles. The van der Waals surface area contributed by atoms with Crippen LogP contribution < -0.4 is 15.7 Å². The van der Waals surface area contributed by atoms with E-state index in [0.717, 1.165) is 5.56 Å². The standard InChI is InChI=1S/C16H16F2N4O3S/c1-8-3-4-12(25-15(17)18)11(5-8)9(2)21-22-14(24)7-10-6-13(23)20-16(26)19-10/h3-6,15H,7H2,1-2H3,(H,22,24)(H2,19,20,23,26)/b21-9-. The Morgan fingerprint density at radius 3 is 2.73 bits per heavy atom. The van der Waals surface area contributed by atoms with Gasteiger partial charge in [-0.15, -0.1) is 0 Å². The van der Waals surface area contributed by atoms with E-state index in [1.165, 1.54) is 12.1 Å². The minimum absolute atomic E-state index is 0.0419. The van der Waals surface area contributed by atoms with Crippen LogP contribution in [0.3, 0.4) is 0 Å². The van der Waals surface area contributed by atoms with Crippen molar-refractivity contribution in [1.82, 2.24) is 15.4 Å². The lowest BCUT2D eigenvalue weighted by Gasteiger charge is -2.11. The first kappa shape index (κ1) is 19.4. The van der Waals surface area contributed by atoms with Crippen LogP contribution in [0, 0.1) is 11.7 Å². The Morgan fingerprint density at radius 1 is 1.35 bits per heavy atom. The molecule has 10 heteroatoms. The molecule has 0 atom stereocenters. The highest BCUT2D eigenvalue weighted by Crippen LogP contribution is 2.22. The first-order valence-electron chi connectivity index (χ1n) is 7.46. The first-order chi connectivity index (χ1) is 12.2. The smallest absolute Gasteiger partial charge is 0.387 e. The predicted octanol–water partition coefficient (Wildman–Crippen LogP) is 2.43. The van der Waals surface area contributed by atoms with Gasteiger partial charge < -0.3 is 9.72 Å². The second-order valence-electron chi connectivity index (χ2n) is 5.40. The van der Waals surface area contributed by atoms with Crippen molar-refractivity contribution in [3.63, 3.8) is 0 Å². The summed E-state index contributed by atoms with van der Waals surface area (Å²) < 4.78 is 29.6. The van der Waals surface area contributed by atoms with Crippen LogP contribution in [0.1, 0.15) is 23.7 Å². The van der Waals surface area contributed by atoms with Gasteiger partial charge in [0.1, 0.15) is 5.75 Å². The third-order valence-electron chi connectivity index (χ3n) is 3.26. The molecule has 0 unspecified atom stereocenters. The van der Waals surface area contributed by atoms with Gasteiger partial charge in [0.25, 0.3) is 5.56 Å². The maximum Gasteiger partial charge on any atom is 0.387 e. The number of hydrazone groups is 1. The van der Waals surface area contributed by atoms with Crippen molar-refractivity contribution in [1.29, 1.82) is 0 Å². The molecule has 1 amide bonds. The SMILES string of the molecule is C/C(=N/NC(=O)Cc1cc(=O)[nH]c(=S)[nH]1)c1cc(C)ccc1OC(F)F. The highest BCUT2D eigenvalue weighted by atomic mass is 32.1. The van der Waals surface area contributed by atoms with Gasteiger partial charge in [0.2, 0.25) is 5.91 Å². The Labute approximate surface area is 152 Å². The summed E-state index contributed by atoms with van der Waals surface area (Å²) in [6.07, 6.45) is -0.154. The lowest BCUT2D eigenvalue weighted by atomic mass is 10.1. The molecule has 7 nitrogen and oxygen atoms in total. The Kier molecular flexibility index (Phi) is 6.34. The monoisotopic (exact) mass is 382 g/mol. The number of ether oxygens (including phenoxy) is 1. The summed E-state index contributed by atoms with van der Waals surface area (Å²) >= 11 is 4.83. The molecule has 0 saturated heterocycles. The highest BCUT2D eigenvalue weighted by molar-refractivity contribution is 7.71. The quantitative estimate of drug-likeness (QED) is 0.406. The number of rotatable bonds is 6. The molecule has 138 valence electrons. The number of H-pyrrole nitrogens is 2. The van der Waals surface area contributed by atoms with E-state index in [-0.39, 0.29) is 22.7 Å². The number of aromatic amines is 2. The van der Waals surface area contributed by atoms with Crippen LogP contribution in [-0.4, -0.2) is 28.2 Å². The van der Waals surface area contributed by atoms with Crippen LogP contribution in [0.2, 0.25) is 0 Å².